The van der Waals surface area contributed by atoms with E-state index >= 15 is 0 Å². The minimum atomic E-state index is -3.09. The number of carbonyl (C=O) groups is 1. The van der Waals surface area contributed by atoms with Gasteiger partial charge in [0.15, 0.2) is 15.6 Å². The fourth-order valence-corrected chi connectivity index (χ4v) is 2.62. The molecule has 0 amide bonds. The number of hydrogen-bond donors (Lipinski definition) is 0. The van der Waals surface area contributed by atoms with Crippen molar-refractivity contribution in [2.24, 2.45) is 0 Å². The van der Waals surface area contributed by atoms with Gasteiger partial charge in [-0.3, -0.25) is 4.79 Å². The number of halogens is 1. The van der Waals surface area contributed by atoms with Crippen LogP contribution in [0.2, 0.25) is 0 Å². The van der Waals surface area contributed by atoms with Gasteiger partial charge in [0.25, 0.3) is 0 Å². The van der Waals surface area contributed by atoms with Gasteiger partial charge in [-0.25, -0.2) is 12.8 Å². The van der Waals surface area contributed by atoms with Crippen LogP contribution >= 0.6 is 0 Å². The number of ketones is 1. The van der Waals surface area contributed by atoms with Gasteiger partial charge in [-0.2, -0.15) is 0 Å². The van der Waals surface area contributed by atoms with Crippen molar-refractivity contribution in [3.63, 3.8) is 0 Å². The zero-order chi connectivity index (χ0) is 14.8. The zero-order valence-corrected chi connectivity index (χ0v) is 11.7. The zero-order valence-electron chi connectivity index (χ0n) is 10.8. The summed E-state index contributed by atoms with van der Waals surface area (Å²) in [4.78, 5) is 12.1. The molecule has 0 fully saturated rings. The van der Waals surface area contributed by atoms with E-state index in [9.17, 15) is 17.6 Å². The van der Waals surface area contributed by atoms with Crippen LogP contribution < -0.4 is 0 Å². The van der Waals surface area contributed by atoms with Crippen molar-refractivity contribution in [3.05, 3.63) is 71.0 Å². The van der Waals surface area contributed by atoms with Crippen LogP contribution in [0.25, 0.3) is 0 Å². The average molecular weight is 292 g/mol. The lowest BCUT2D eigenvalue weighted by atomic mass is 10.0. The maximum atomic E-state index is 12.8. The molecule has 20 heavy (non-hydrogen) atoms. The predicted molar refractivity (Wildman–Crippen MR) is 74.8 cm³/mol. The van der Waals surface area contributed by atoms with E-state index in [1.165, 1.54) is 24.3 Å². The number of benzene rings is 2. The predicted octanol–water partition coefficient (Wildman–Crippen LogP) is 2.60. The van der Waals surface area contributed by atoms with Gasteiger partial charge in [0, 0.05) is 17.4 Å². The molecule has 0 atom stereocenters. The van der Waals surface area contributed by atoms with Crippen LogP contribution in [0.4, 0.5) is 4.39 Å². The molecule has 0 aromatic heterocycles. The summed E-state index contributed by atoms with van der Waals surface area (Å²) in [6.07, 6.45) is 1.16. The molecular weight excluding hydrogens is 279 g/mol. The molecule has 3 nitrogen and oxygen atoms in total. The van der Waals surface area contributed by atoms with Crippen molar-refractivity contribution < 1.29 is 17.6 Å². The van der Waals surface area contributed by atoms with E-state index in [4.69, 9.17) is 0 Å². The Balaban J connectivity index is 2.21. The minimum absolute atomic E-state index is 0.0575. The van der Waals surface area contributed by atoms with Crippen LogP contribution in [0.1, 0.15) is 21.5 Å². The second-order valence-corrected chi connectivity index (χ2v) is 6.74. The molecule has 2 aromatic rings. The van der Waals surface area contributed by atoms with Crippen LogP contribution in [0.5, 0.6) is 0 Å². The highest BCUT2D eigenvalue weighted by Gasteiger charge is 2.10. The van der Waals surface area contributed by atoms with Crippen LogP contribution in [0.15, 0.2) is 48.5 Å². The van der Waals surface area contributed by atoms with E-state index in [2.05, 4.69) is 0 Å². The highest BCUT2D eigenvalue weighted by atomic mass is 32.2. The summed E-state index contributed by atoms with van der Waals surface area (Å²) in [5.74, 6) is -0.682. The number of hydrogen-bond acceptors (Lipinski definition) is 3. The van der Waals surface area contributed by atoms with E-state index in [0.29, 0.717) is 16.7 Å². The van der Waals surface area contributed by atoms with Gasteiger partial charge in [0.1, 0.15) is 5.82 Å². The van der Waals surface area contributed by atoms with Crippen LogP contribution in [0.3, 0.4) is 0 Å². The van der Waals surface area contributed by atoms with E-state index < -0.39 is 15.7 Å². The summed E-state index contributed by atoms with van der Waals surface area (Å²) in [6, 6.07) is 11.7. The van der Waals surface area contributed by atoms with Gasteiger partial charge in [0.05, 0.1) is 5.75 Å². The fraction of sp³-hybridized carbons (Fsp3) is 0.133. The fourth-order valence-electron chi connectivity index (χ4n) is 1.82. The van der Waals surface area contributed by atoms with E-state index in [1.807, 2.05) is 0 Å². The third-order valence-corrected chi connectivity index (χ3v) is 3.61. The Morgan fingerprint density at radius 1 is 0.950 bits per heavy atom. The molecule has 0 aliphatic heterocycles. The van der Waals surface area contributed by atoms with E-state index in [1.54, 1.807) is 24.3 Å². The maximum absolute atomic E-state index is 12.8. The highest BCUT2D eigenvalue weighted by molar-refractivity contribution is 7.89. The lowest BCUT2D eigenvalue weighted by Gasteiger charge is -2.03. The Bertz CT molecular complexity index is 717. The number of rotatable bonds is 4. The normalized spacial score (nSPS) is 11.3. The smallest absolute Gasteiger partial charge is 0.193 e. The molecule has 0 saturated carbocycles. The molecule has 0 bridgehead atoms. The van der Waals surface area contributed by atoms with Crippen LogP contribution in [-0.4, -0.2) is 20.5 Å². The largest absolute Gasteiger partial charge is 0.289 e. The van der Waals surface area contributed by atoms with Crippen molar-refractivity contribution in [2.75, 3.05) is 6.26 Å². The molecule has 0 N–H and O–H groups in total. The lowest BCUT2D eigenvalue weighted by molar-refractivity contribution is 0.103. The van der Waals surface area contributed by atoms with Gasteiger partial charge in [-0.1, -0.05) is 24.3 Å². The van der Waals surface area contributed by atoms with Crippen LogP contribution in [-0.2, 0) is 15.6 Å². The van der Waals surface area contributed by atoms with Gasteiger partial charge < -0.3 is 0 Å². The Morgan fingerprint density at radius 2 is 1.40 bits per heavy atom. The van der Waals surface area contributed by atoms with Crippen molar-refractivity contribution in [1.82, 2.24) is 0 Å². The van der Waals surface area contributed by atoms with Gasteiger partial charge in [-0.15, -0.1) is 0 Å². The highest BCUT2D eigenvalue weighted by Crippen LogP contribution is 2.13. The third kappa shape index (κ3) is 3.74. The summed E-state index contributed by atoms with van der Waals surface area (Å²) in [6.45, 7) is 0. The summed E-state index contributed by atoms with van der Waals surface area (Å²) in [5.41, 5.74) is 1.46. The topological polar surface area (TPSA) is 51.2 Å². The first-order chi connectivity index (χ1) is 9.35. The van der Waals surface area contributed by atoms with Crippen molar-refractivity contribution in [2.45, 2.75) is 5.75 Å². The standard InChI is InChI=1S/C15H13FO3S/c1-20(18,19)10-11-2-4-12(5-3-11)15(17)13-6-8-14(16)9-7-13/h2-9H,10H2,1H3. The SMILES string of the molecule is CS(=O)(=O)Cc1ccc(C(=O)c2ccc(F)cc2)cc1. The second kappa shape index (κ2) is 5.54. The Labute approximate surface area is 117 Å². The molecule has 0 aliphatic carbocycles. The first-order valence-electron chi connectivity index (χ1n) is 5.92. The summed E-state index contributed by atoms with van der Waals surface area (Å²) >= 11 is 0. The number of sulfone groups is 1. The molecule has 5 heteroatoms. The number of carbonyl (C=O) groups excluding carboxylic acids is 1. The van der Waals surface area contributed by atoms with E-state index in [-0.39, 0.29) is 11.5 Å². The second-order valence-electron chi connectivity index (χ2n) is 4.60. The molecule has 0 saturated heterocycles. The van der Waals surface area contributed by atoms with Gasteiger partial charge in [0.2, 0.25) is 0 Å². The first-order valence-corrected chi connectivity index (χ1v) is 7.98. The summed E-state index contributed by atoms with van der Waals surface area (Å²) in [5, 5.41) is 0. The van der Waals surface area contributed by atoms with Crippen molar-refractivity contribution >= 4 is 15.6 Å². The lowest BCUT2D eigenvalue weighted by Crippen LogP contribution is -2.03. The Kier molecular flexibility index (Phi) is 3.99. The van der Waals surface area contributed by atoms with E-state index in [0.717, 1.165) is 6.26 Å². The molecule has 0 unspecified atom stereocenters. The molecule has 2 rings (SSSR count). The maximum Gasteiger partial charge on any atom is 0.193 e. The summed E-state index contributed by atoms with van der Waals surface area (Å²) < 4.78 is 35.1. The molecule has 0 spiro atoms. The van der Waals surface area contributed by atoms with Crippen LogP contribution in [0, 0.1) is 5.82 Å². The van der Waals surface area contributed by atoms with Gasteiger partial charge in [-0.05, 0) is 29.8 Å². The van der Waals surface area contributed by atoms with Crippen molar-refractivity contribution in [1.29, 1.82) is 0 Å². The first kappa shape index (κ1) is 14.4. The quantitative estimate of drug-likeness (QED) is 0.814. The Morgan fingerprint density at radius 3 is 1.85 bits per heavy atom. The minimum Gasteiger partial charge on any atom is -0.289 e. The average Bonchev–Trinajstić information content (AvgIpc) is 2.38. The monoisotopic (exact) mass is 292 g/mol. The third-order valence-electron chi connectivity index (χ3n) is 2.75. The summed E-state index contributed by atoms with van der Waals surface area (Å²) in [7, 11) is -3.09. The molecule has 104 valence electrons. The molecule has 0 aliphatic rings. The van der Waals surface area contributed by atoms with Crippen molar-refractivity contribution in [3.8, 4) is 0 Å². The van der Waals surface area contributed by atoms with Gasteiger partial charge >= 0.3 is 0 Å². The molecular formula is C15H13FO3S. The Hall–Kier alpha value is -2.01. The molecule has 2 aromatic carbocycles. The molecule has 0 heterocycles. The molecule has 0 radical (unpaired) electrons.